The van der Waals surface area contributed by atoms with E-state index in [2.05, 4.69) is 11.8 Å². The fourth-order valence-electron chi connectivity index (χ4n) is 3.20. The second kappa shape index (κ2) is 10.8. The summed E-state index contributed by atoms with van der Waals surface area (Å²) in [5, 5.41) is 0. The largest absolute Gasteiger partial charge is 0.469 e. The zero-order valence-corrected chi connectivity index (χ0v) is 15.9. The van der Waals surface area contributed by atoms with Crippen LogP contribution in [0.1, 0.15) is 38.2 Å². The first-order valence-corrected chi connectivity index (χ1v) is 9.40. The summed E-state index contributed by atoms with van der Waals surface area (Å²) >= 11 is 0. The van der Waals surface area contributed by atoms with Crippen LogP contribution < -0.4 is 0 Å². The third kappa shape index (κ3) is 6.33. The number of piperazine rings is 1. The summed E-state index contributed by atoms with van der Waals surface area (Å²) in [6.07, 6.45) is 3.34. The molecule has 1 fully saturated rings. The average molecular weight is 362 g/mol. The molecule has 0 aliphatic carbocycles. The zero-order chi connectivity index (χ0) is 18.8. The van der Waals surface area contributed by atoms with Crippen molar-refractivity contribution in [1.82, 2.24) is 9.80 Å². The van der Waals surface area contributed by atoms with Gasteiger partial charge in [0, 0.05) is 19.6 Å². The van der Waals surface area contributed by atoms with E-state index in [9.17, 15) is 9.59 Å². The Kier molecular flexibility index (Phi) is 8.41. The maximum atomic E-state index is 12.6. The van der Waals surface area contributed by atoms with Crippen molar-refractivity contribution in [3.63, 3.8) is 0 Å². The van der Waals surface area contributed by atoms with Crippen molar-refractivity contribution in [1.29, 1.82) is 0 Å². The van der Waals surface area contributed by atoms with Gasteiger partial charge in [-0.3, -0.25) is 9.69 Å². The van der Waals surface area contributed by atoms with E-state index in [0.717, 1.165) is 25.1 Å². The van der Waals surface area contributed by atoms with Gasteiger partial charge in [-0.2, -0.15) is 0 Å². The molecule has 1 heterocycles. The van der Waals surface area contributed by atoms with E-state index in [-0.39, 0.29) is 31.1 Å². The van der Waals surface area contributed by atoms with Crippen LogP contribution in [0.25, 0.3) is 0 Å². The molecule has 0 saturated carbocycles. The molecule has 0 radical (unpaired) electrons. The predicted molar refractivity (Wildman–Crippen MR) is 99.7 cm³/mol. The summed E-state index contributed by atoms with van der Waals surface area (Å²) in [7, 11) is 1.38. The highest BCUT2D eigenvalue weighted by atomic mass is 16.6. The second-order valence-electron chi connectivity index (χ2n) is 6.68. The molecule has 0 N–H and O–H groups in total. The Morgan fingerprint density at radius 3 is 2.62 bits per heavy atom. The summed E-state index contributed by atoms with van der Waals surface area (Å²) < 4.78 is 10.3. The van der Waals surface area contributed by atoms with Crippen molar-refractivity contribution in [2.75, 3.05) is 33.3 Å². The Bertz CT molecular complexity index is 564. The number of ether oxygens (including phenoxy) is 2. The molecule has 1 amide bonds. The Balaban J connectivity index is 1.92. The predicted octanol–water partition coefficient (Wildman–Crippen LogP) is 3.06. The molecule has 144 valence electrons. The molecule has 1 aromatic rings. The van der Waals surface area contributed by atoms with Crippen molar-refractivity contribution >= 4 is 12.1 Å². The molecule has 1 saturated heterocycles. The molecule has 2 rings (SSSR count). The molecule has 26 heavy (non-hydrogen) atoms. The normalized spacial score (nSPS) is 17.8. The zero-order valence-electron chi connectivity index (χ0n) is 15.9. The minimum absolute atomic E-state index is 0.196. The number of unbranched alkanes of at least 4 members (excludes halogenated alkanes) is 2. The first-order chi connectivity index (χ1) is 12.6. The summed E-state index contributed by atoms with van der Waals surface area (Å²) in [5.41, 5.74) is 0.948. The van der Waals surface area contributed by atoms with E-state index in [1.54, 1.807) is 4.90 Å². The first-order valence-electron chi connectivity index (χ1n) is 9.40. The minimum atomic E-state index is -0.365. The van der Waals surface area contributed by atoms with Crippen LogP contribution in [0.5, 0.6) is 0 Å². The number of amides is 1. The van der Waals surface area contributed by atoms with Crippen LogP contribution in [0.3, 0.4) is 0 Å². The summed E-state index contributed by atoms with van der Waals surface area (Å²) in [5.74, 6) is -0.300. The van der Waals surface area contributed by atoms with Crippen LogP contribution in [-0.2, 0) is 20.9 Å². The topological polar surface area (TPSA) is 59.1 Å². The summed E-state index contributed by atoms with van der Waals surface area (Å²) in [6, 6.07) is 9.39. The Hall–Kier alpha value is -2.08. The molecule has 0 aromatic heterocycles. The Morgan fingerprint density at radius 2 is 1.92 bits per heavy atom. The van der Waals surface area contributed by atoms with E-state index in [1.807, 2.05) is 30.3 Å². The maximum absolute atomic E-state index is 12.6. The molecule has 1 aliphatic rings. The molecule has 0 bridgehead atoms. The molecule has 6 heteroatoms. The van der Waals surface area contributed by atoms with Crippen molar-refractivity contribution in [3.05, 3.63) is 35.9 Å². The minimum Gasteiger partial charge on any atom is -0.469 e. The van der Waals surface area contributed by atoms with E-state index < -0.39 is 0 Å². The lowest BCUT2D eigenvalue weighted by Crippen LogP contribution is -2.56. The molecule has 1 unspecified atom stereocenters. The molecule has 1 aromatic carbocycles. The standard InChI is InChI=1S/C20H30N2O4/c1-3-4-8-11-21-12-13-22(18(15-21)14-19(23)25-2)20(24)26-16-17-9-6-5-7-10-17/h5-7,9-10,18H,3-4,8,11-16H2,1-2H3. The van der Waals surface area contributed by atoms with Gasteiger partial charge in [0.05, 0.1) is 19.6 Å². The third-order valence-electron chi connectivity index (χ3n) is 4.71. The number of hydrogen-bond donors (Lipinski definition) is 0. The first kappa shape index (κ1) is 20.2. The van der Waals surface area contributed by atoms with Crippen LogP contribution in [0, 0.1) is 0 Å². The monoisotopic (exact) mass is 362 g/mol. The highest BCUT2D eigenvalue weighted by Crippen LogP contribution is 2.17. The van der Waals surface area contributed by atoms with Crippen LogP contribution in [0.15, 0.2) is 30.3 Å². The second-order valence-corrected chi connectivity index (χ2v) is 6.68. The number of carbonyl (C=O) groups is 2. The number of rotatable bonds is 8. The van der Waals surface area contributed by atoms with E-state index in [4.69, 9.17) is 9.47 Å². The lowest BCUT2D eigenvalue weighted by molar-refractivity contribution is -0.142. The van der Waals surface area contributed by atoms with Gasteiger partial charge in [0.15, 0.2) is 0 Å². The number of benzene rings is 1. The number of hydrogen-bond acceptors (Lipinski definition) is 5. The highest BCUT2D eigenvalue weighted by molar-refractivity contribution is 5.73. The van der Waals surface area contributed by atoms with Crippen molar-refractivity contribution < 1.29 is 19.1 Å². The van der Waals surface area contributed by atoms with Gasteiger partial charge in [-0.05, 0) is 18.5 Å². The van der Waals surface area contributed by atoms with Gasteiger partial charge in [-0.1, -0.05) is 50.1 Å². The molecule has 1 atom stereocenters. The van der Waals surface area contributed by atoms with Crippen molar-refractivity contribution in [2.45, 2.75) is 45.3 Å². The summed E-state index contributed by atoms with van der Waals surface area (Å²) in [4.78, 5) is 28.3. The van der Waals surface area contributed by atoms with E-state index in [0.29, 0.717) is 13.1 Å². The fourth-order valence-corrected chi connectivity index (χ4v) is 3.20. The van der Waals surface area contributed by atoms with Gasteiger partial charge in [0.25, 0.3) is 0 Å². The van der Waals surface area contributed by atoms with Crippen LogP contribution >= 0.6 is 0 Å². The third-order valence-corrected chi connectivity index (χ3v) is 4.71. The molecular formula is C20H30N2O4. The van der Waals surface area contributed by atoms with Crippen LogP contribution in [0.2, 0.25) is 0 Å². The molecule has 6 nitrogen and oxygen atoms in total. The van der Waals surface area contributed by atoms with E-state index >= 15 is 0 Å². The van der Waals surface area contributed by atoms with Gasteiger partial charge >= 0.3 is 12.1 Å². The van der Waals surface area contributed by atoms with Gasteiger partial charge < -0.3 is 14.4 Å². The van der Waals surface area contributed by atoms with Gasteiger partial charge in [0.1, 0.15) is 6.61 Å². The lowest BCUT2D eigenvalue weighted by Gasteiger charge is -2.40. The van der Waals surface area contributed by atoms with Crippen LogP contribution in [-0.4, -0.2) is 61.2 Å². The number of methoxy groups -OCH3 is 1. The molecule has 1 aliphatic heterocycles. The summed E-state index contributed by atoms with van der Waals surface area (Å²) in [6.45, 7) is 5.48. The Morgan fingerprint density at radius 1 is 1.15 bits per heavy atom. The van der Waals surface area contributed by atoms with Crippen molar-refractivity contribution in [3.8, 4) is 0 Å². The lowest BCUT2D eigenvalue weighted by atomic mass is 10.1. The van der Waals surface area contributed by atoms with Crippen molar-refractivity contribution in [2.24, 2.45) is 0 Å². The van der Waals surface area contributed by atoms with Gasteiger partial charge in [0.2, 0.25) is 0 Å². The Labute approximate surface area is 156 Å². The van der Waals surface area contributed by atoms with Gasteiger partial charge in [-0.25, -0.2) is 4.79 Å². The fraction of sp³-hybridized carbons (Fsp3) is 0.600. The van der Waals surface area contributed by atoms with Crippen LogP contribution in [0.4, 0.5) is 4.79 Å². The number of nitrogens with zero attached hydrogens (tertiary/aromatic N) is 2. The average Bonchev–Trinajstić information content (AvgIpc) is 2.67. The SMILES string of the molecule is CCCCCN1CCN(C(=O)OCc2ccccc2)C(CC(=O)OC)C1. The van der Waals surface area contributed by atoms with E-state index in [1.165, 1.54) is 20.0 Å². The molecular weight excluding hydrogens is 332 g/mol. The number of carbonyl (C=O) groups excluding carboxylic acids is 2. The number of esters is 1. The van der Waals surface area contributed by atoms with Gasteiger partial charge in [-0.15, -0.1) is 0 Å². The molecule has 0 spiro atoms. The quantitative estimate of drug-likeness (QED) is 0.525. The maximum Gasteiger partial charge on any atom is 0.410 e. The smallest absolute Gasteiger partial charge is 0.410 e. The highest BCUT2D eigenvalue weighted by Gasteiger charge is 2.33.